The number of alkyl halides is 2. The molecule has 2 N–H and O–H groups in total. The lowest BCUT2D eigenvalue weighted by Gasteiger charge is -2.24. The van der Waals surface area contributed by atoms with Crippen LogP contribution in [-0.2, 0) is 0 Å². The second-order valence-electron chi connectivity index (χ2n) is 8.35. The monoisotopic (exact) mass is 485 g/mol. The predicted molar refractivity (Wildman–Crippen MR) is 124 cm³/mol. The van der Waals surface area contributed by atoms with Gasteiger partial charge in [0.2, 0.25) is 0 Å². The van der Waals surface area contributed by atoms with Crippen LogP contribution >= 0.6 is 11.6 Å². The van der Waals surface area contributed by atoms with Crippen molar-refractivity contribution in [2.24, 2.45) is 0 Å². The predicted octanol–water partition coefficient (Wildman–Crippen LogP) is 6.34. The first-order chi connectivity index (χ1) is 16.2. The number of benzene rings is 2. The van der Waals surface area contributed by atoms with Crippen LogP contribution < -0.4 is 5.32 Å². The number of amides is 2. The number of anilines is 1. The van der Waals surface area contributed by atoms with Crippen LogP contribution in [0.15, 0.2) is 54.7 Å². The number of hydrogen-bond acceptors (Lipinski definition) is 3. The first-order valence-electron chi connectivity index (χ1n) is 10.5. The van der Waals surface area contributed by atoms with Gasteiger partial charge in [0.1, 0.15) is 11.6 Å². The van der Waals surface area contributed by atoms with E-state index in [1.165, 1.54) is 24.3 Å². The van der Waals surface area contributed by atoms with Gasteiger partial charge >= 0.3 is 6.03 Å². The quantitative estimate of drug-likeness (QED) is 0.355. The number of carbonyl (C=O) groups excluding carboxylic acids is 1. The maximum absolute atomic E-state index is 14.2. The van der Waals surface area contributed by atoms with Crippen LogP contribution in [0.5, 0.6) is 0 Å². The van der Waals surface area contributed by atoms with Crippen molar-refractivity contribution in [1.29, 1.82) is 0 Å². The summed E-state index contributed by atoms with van der Waals surface area (Å²) in [6, 6.07) is 10.4. The third kappa shape index (κ3) is 4.31. The van der Waals surface area contributed by atoms with Crippen molar-refractivity contribution in [3.05, 3.63) is 76.7 Å². The second kappa shape index (κ2) is 8.32. The van der Waals surface area contributed by atoms with E-state index in [2.05, 4.69) is 20.3 Å². The Morgan fingerprint density at radius 1 is 1.24 bits per heavy atom. The van der Waals surface area contributed by atoms with Gasteiger partial charge in [-0.15, -0.1) is 0 Å². The average molecular weight is 486 g/mol. The normalized spacial score (nSPS) is 17.3. The summed E-state index contributed by atoms with van der Waals surface area (Å²) >= 11 is 6.37. The van der Waals surface area contributed by atoms with E-state index in [1.54, 1.807) is 24.4 Å². The number of urea groups is 1. The summed E-state index contributed by atoms with van der Waals surface area (Å²) in [6.07, 6.45) is 1.12. The fraction of sp³-hybridized carbons (Fsp3) is 0.208. The minimum absolute atomic E-state index is 0.314. The van der Waals surface area contributed by atoms with E-state index < -0.39 is 36.8 Å². The summed E-state index contributed by atoms with van der Waals surface area (Å²) in [5.41, 5.74) is 3.39. The second-order valence-corrected chi connectivity index (χ2v) is 8.76. The number of rotatable bonds is 3. The molecule has 0 saturated carbocycles. The number of hydrogen-bond donors (Lipinski definition) is 2. The largest absolute Gasteiger partial charge is 0.337 e. The van der Waals surface area contributed by atoms with Crippen molar-refractivity contribution < 1.29 is 18.0 Å². The molecule has 0 bridgehead atoms. The van der Waals surface area contributed by atoms with Gasteiger partial charge in [0.15, 0.2) is 5.65 Å². The summed E-state index contributed by atoms with van der Waals surface area (Å²) in [5.74, 6) is -3.18. The molecule has 174 valence electrons. The van der Waals surface area contributed by atoms with E-state index in [9.17, 15) is 18.0 Å². The third-order valence-electron chi connectivity index (χ3n) is 5.71. The summed E-state index contributed by atoms with van der Waals surface area (Å²) < 4.78 is 42.2. The molecule has 0 radical (unpaired) electrons. The molecule has 2 amide bonds. The minimum atomic E-state index is -3.08. The molecule has 2 aromatic carbocycles. The molecule has 1 unspecified atom stereocenters. The van der Waals surface area contributed by atoms with Crippen LogP contribution in [0.4, 0.5) is 23.7 Å². The molecule has 1 aliphatic rings. The minimum Gasteiger partial charge on any atom is -0.337 e. The van der Waals surface area contributed by atoms with E-state index in [4.69, 9.17) is 11.6 Å². The first-order valence-corrected chi connectivity index (χ1v) is 10.9. The van der Waals surface area contributed by atoms with Gasteiger partial charge in [0, 0.05) is 23.9 Å². The summed E-state index contributed by atoms with van der Waals surface area (Å²) in [7, 11) is 0. The highest BCUT2D eigenvalue weighted by atomic mass is 35.5. The van der Waals surface area contributed by atoms with Crippen LogP contribution in [0.2, 0.25) is 5.02 Å². The molecule has 6 nitrogen and oxygen atoms in total. The van der Waals surface area contributed by atoms with Crippen LogP contribution in [0.1, 0.15) is 23.6 Å². The number of halogens is 4. The van der Waals surface area contributed by atoms with E-state index in [1.807, 2.05) is 13.0 Å². The summed E-state index contributed by atoms with van der Waals surface area (Å²) in [4.78, 5) is 25.9. The zero-order valence-electron chi connectivity index (χ0n) is 17.9. The Bertz CT molecular complexity index is 1410. The molecule has 4 aromatic rings. The maximum Gasteiger partial charge on any atom is 0.322 e. The SMILES string of the molecule is Cc1cnc2nc(-c3cc(NC(=O)N4CC(F)(F)CC4c4cccc(F)c4)ccc3Cl)[nH]c2c1. The lowest BCUT2D eigenvalue weighted by molar-refractivity contribution is 0.0151. The van der Waals surface area contributed by atoms with Gasteiger partial charge < -0.3 is 15.2 Å². The standard InChI is InChI=1S/C24H19ClF3N5O/c1-13-7-19-22(29-11-13)32-21(31-19)17-9-16(5-6-18(17)25)30-23(34)33-12-24(27,28)10-20(33)14-3-2-4-15(26)8-14/h2-9,11,20H,10,12H2,1H3,(H,30,34)(H,29,31,32). The number of pyridine rings is 1. The van der Waals surface area contributed by atoms with Crippen LogP contribution in [-0.4, -0.2) is 38.4 Å². The number of carbonyl (C=O) groups is 1. The van der Waals surface area contributed by atoms with Gasteiger partial charge in [-0.1, -0.05) is 23.7 Å². The highest BCUT2D eigenvalue weighted by molar-refractivity contribution is 6.33. The van der Waals surface area contributed by atoms with Crippen LogP contribution in [0, 0.1) is 12.7 Å². The molecule has 1 saturated heterocycles. The molecule has 0 spiro atoms. The molecule has 1 aliphatic heterocycles. The average Bonchev–Trinajstić information content (AvgIpc) is 3.35. The molecule has 1 atom stereocenters. The number of nitrogens with zero attached hydrogens (tertiary/aromatic N) is 3. The fourth-order valence-electron chi connectivity index (χ4n) is 4.15. The molecule has 34 heavy (non-hydrogen) atoms. The molecule has 10 heteroatoms. The molecule has 5 rings (SSSR count). The van der Waals surface area contributed by atoms with E-state index >= 15 is 0 Å². The number of fused-ring (bicyclic) bond motifs is 1. The lowest BCUT2D eigenvalue weighted by atomic mass is 10.0. The number of aromatic amines is 1. The van der Waals surface area contributed by atoms with Gasteiger partial charge in [-0.2, -0.15) is 0 Å². The molecular formula is C24H19ClF3N5O. The van der Waals surface area contributed by atoms with Gasteiger partial charge in [0.05, 0.1) is 23.1 Å². The van der Waals surface area contributed by atoms with Gasteiger partial charge in [-0.05, 0) is 54.4 Å². The third-order valence-corrected chi connectivity index (χ3v) is 6.04. The van der Waals surface area contributed by atoms with Gasteiger partial charge in [-0.3, -0.25) is 0 Å². The number of nitrogens with one attached hydrogen (secondary N) is 2. The number of likely N-dealkylation sites (tertiary alicyclic amines) is 1. The smallest absolute Gasteiger partial charge is 0.322 e. The van der Waals surface area contributed by atoms with Crippen LogP contribution in [0.3, 0.4) is 0 Å². The Morgan fingerprint density at radius 3 is 2.85 bits per heavy atom. The Balaban J connectivity index is 1.43. The summed E-state index contributed by atoms with van der Waals surface area (Å²) in [6.45, 7) is 1.14. The molecule has 0 aliphatic carbocycles. The van der Waals surface area contributed by atoms with Crippen molar-refractivity contribution in [3.8, 4) is 11.4 Å². The number of H-pyrrole nitrogens is 1. The van der Waals surface area contributed by atoms with E-state index in [-0.39, 0.29) is 0 Å². The Morgan fingerprint density at radius 2 is 2.06 bits per heavy atom. The molecule has 2 aromatic heterocycles. The topological polar surface area (TPSA) is 73.9 Å². The molecule has 3 heterocycles. The molecule has 1 fully saturated rings. The van der Waals surface area contributed by atoms with Crippen molar-refractivity contribution in [1.82, 2.24) is 19.9 Å². The number of imidazole rings is 1. The Kier molecular flexibility index (Phi) is 5.44. The Hall–Kier alpha value is -3.59. The van der Waals surface area contributed by atoms with Crippen molar-refractivity contribution >= 4 is 34.5 Å². The Labute approximate surface area is 197 Å². The fourth-order valence-corrected chi connectivity index (χ4v) is 4.36. The zero-order valence-corrected chi connectivity index (χ0v) is 18.7. The summed E-state index contributed by atoms with van der Waals surface area (Å²) in [5, 5.41) is 3.05. The van der Waals surface area contributed by atoms with Gasteiger partial charge in [0.25, 0.3) is 5.92 Å². The van der Waals surface area contributed by atoms with Crippen molar-refractivity contribution in [2.75, 3.05) is 11.9 Å². The van der Waals surface area contributed by atoms with Gasteiger partial charge in [-0.25, -0.2) is 27.9 Å². The maximum atomic E-state index is 14.2. The lowest BCUT2D eigenvalue weighted by Crippen LogP contribution is -2.36. The highest BCUT2D eigenvalue weighted by Gasteiger charge is 2.47. The highest BCUT2D eigenvalue weighted by Crippen LogP contribution is 2.41. The van der Waals surface area contributed by atoms with Crippen LogP contribution in [0.25, 0.3) is 22.6 Å². The number of aromatic nitrogens is 3. The zero-order chi connectivity index (χ0) is 24.0. The van der Waals surface area contributed by atoms with E-state index in [0.717, 1.165) is 16.0 Å². The molecular weight excluding hydrogens is 467 g/mol. The van der Waals surface area contributed by atoms with E-state index in [0.29, 0.717) is 33.3 Å². The van der Waals surface area contributed by atoms with Crippen molar-refractivity contribution in [2.45, 2.75) is 25.3 Å². The number of aryl methyl sites for hydroxylation is 1. The van der Waals surface area contributed by atoms with Crippen molar-refractivity contribution in [3.63, 3.8) is 0 Å². The first kappa shape index (κ1) is 22.2.